The van der Waals surface area contributed by atoms with Crippen LogP contribution in [-0.2, 0) is 6.54 Å². The zero-order valence-corrected chi connectivity index (χ0v) is 16.5. The number of benzene rings is 2. The molecular weight excluding hydrogens is 481 g/mol. The molecule has 10 heteroatoms. The number of alkyl halides is 3. The van der Waals surface area contributed by atoms with Gasteiger partial charge in [0.05, 0.1) is 13.2 Å². The van der Waals surface area contributed by atoms with Crippen molar-refractivity contribution in [2.75, 3.05) is 11.9 Å². The molecule has 0 aliphatic rings. The lowest BCUT2D eigenvalue weighted by molar-refractivity contribution is -0.274. The van der Waals surface area contributed by atoms with Crippen molar-refractivity contribution in [2.45, 2.75) is 19.8 Å². The van der Waals surface area contributed by atoms with Crippen molar-refractivity contribution < 1.29 is 27.0 Å². The number of nitrogens with two attached hydrogens (primary N) is 1. The highest BCUT2D eigenvalue weighted by Crippen LogP contribution is 2.24. The van der Waals surface area contributed by atoms with Gasteiger partial charge >= 0.3 is 6.36 Å². The maximum absolute atomic E-state index is 13.8. The Morgan fingerprint density at radius 1 is 1.15 bits per heavy atom. The second-order valence-corrected chi connectivity index (χ2v) is 5.10. The second-order valence-electron chi connectivity index (χ2n) is 5.10. The van der Waals surface area contributed by atoms with Crippen molar-refractivity contribution in [1.82, 2.24) is 0 Å². The Kier molecular flexibility index (Phi) is 8.60. The van der Waals surface area contributed by atoms with Crippen molar-refractivity contribution in [1.29, 1.82) is 0 Å². The maximum atomic E-state index is 13.8. The van der Waals surface area contributed by atoms with Crippen LogP contribution in [0.1, 0.15) is 12.5 Å². The summed E-state index contributed by atoms with van der Waals surface area (Å²) < 4.78 is 58.9. The van der Waals surface area contributed by atoms with Crippen LogP contribution in [0.5, 0.6) is 11.5 Å². The monoisotopic (exact) mass is 499 g/mol. The summed E-state index contributed by atoms with van der Waals surface area (Å²) in [4.78, 5) is 4.05. The third kappa shape index (κ3) is 7.89. The molecule has 2 rings (SSSR count). The summed E-state index contributed by atoms with van der Waals surface area (Å²) in [5.74, 6) is -0.647. The SMILES string of the molecule is CCOc1ccc(CN=C(N)Nc2ccc(OC(F)(F)F)cc2)cc1F.I. The molecule has 0 aromatic heterocycles. The molecule has 0 saturated heterocycles. The van der Waals surface area contributed by atoms with E-state index in [1.54, 1.807) is 13.0 Å². The van der Waals surface area contributed by atoms with Crippen LogP contribution in [-0.4, -0.2) is 18.9 Å². The second kappa shape index (κ2) is 10.2. The molecule has 0 unspecified atom stereocenters. The molecule has 0 atom stereocenters. The fourth-order valence-electron chi connectivity index (χ4n) is 2.02. The van der Waals surface area contributed by atoms with Crippen LogP contribution in [0, 0.1) is 5.82 Å². The van der Waals surface area contributed by atoms with Crippen molar-refractivity contribution in [3.05, 3.63) is 53.8 Å². The summed E-state index contributed by atoms with van der Waals surface area (Å²) in [6, 6.07) is 9.47. The first kappa shape index (κ1) is 22.8. The smallest absolute Gasteiger partial charge is 0.491 e. The number of nitrogens with one attached hydrogen (secondary N) is 1. The maximum Gasteiger partial charge on any atom is 0.573 e. The normalized spacial score (nSPS) is 11.5. The Morgan fingerprint density at radius 2 is 1.81 bits per heavy atom. The van der Waals surface area contributed by atoms with E-state index < -0.39 is 12.2 Å². The van der Waals surface area contributed by atoms with Crippen molar-refractivity contribution in [3.8, 4) is 11.5 Å². The summed E-state index contributed by atoms with van der Waals surface area (Å²) in [5, 5.41) is 2.72. The van der Waals surface area contributed by atoms with E-state index in [1.807, 2.05) is 0 Å². The highest BCUT2D eigenvalue weighted by atomic mass is 127. The number of hydrogen-bond donors (Lipinski definition) is 2. The van der Waals surface area contributed by atoms with Crippen molar-refractivity contribution in [2.24, 2.45) is 10.7 Å². The van der Waals surface area contributed by atoms with Gasteiger partial charge in [-0.1, -0.05) is 6.07 Å². The fourth-order valence-corrected chi connectivity index (χ4v) is 2.02. The number of anilines is 1. The Balaban J connectivity index is 0.00000364. The molecule has 0 heterocycles. The largest absolute Gasteiger partial charge is 0.573 e. The molecule has 0 spiro atoms. The van der Waals surface area contributed by atoms with E-state index in [-0.39, 0.29) is 48.0 Å². The molecule has 0 radical (unpaired) electrons. The van der Waals surface area contributed by atoms with Crippen LogP contribution in [0.15, 0.2) is 47.5 Å². The summed E-state index contributed by atoms with van der Waals surface area (Å²) in [7, 11) is 0. The summed E-state index contributed by atoms with van der Waals surface area (Å²) in [6.07, 6.45) is -4.75. The van der Waals surface area contributed by atoms with E-state index in [4.69, 9.17) is 10.5 Å². The lowest BCUT2D eigenvalue weighted by Gasteiger charge is -2.10. The van der Waals surface area contributed by atoms with Gasteiger partial charge in [0.2, 0.25) is 0 Å². The average Bonchev–Trinajstić information content (AvgIpc) is 2.56. The molecule has 0 amide bonds. The van der Waals surface area contributed by atoms with Crippen LogP contribution in [0.25, 0.3) is 0 Å². The number of hydrogen-bond acceptors (Lipinski definition) is 3. The van der Waals surface area contributed by atoms with Crippen LogP contribution in [0.3, 0.4) is 0 Å². The van der Waals surface area contributed by atoms with Gasteiger partial charge in [0.1, 0.15) is 5.75 Å². The molecule has 0 saturated carbocycles. The minimum atomic E-state index is -4.75. The first-order chi connectivity index (χ1) is 12.3. The molecule has 3 N–H and O–H groups in total. The number of ether oxygens (including phenoxy) is 2. The summed E-state index contributed by atoms with van der Waals surface area (Å²) in [5.41, 5.74) is 6.74. The van der Waals surface area contributed by atoms with Crippen LogP contribution in [0.4, 0.5) is 23.2 Å². The minimum Gasteiger partial charge on any atom is -0.491 e. The van der Waals surface area contributed by atoms with E-state index in [9.17, 15) is 17.6 Å². The Labute approximate surface area is 170 Å². The van der Waals surface area contributed by atoms with E-state index in [0.717, 1.165) is 12.1 Å². The van der Waals surface area contributed by atoms with Gasteiger partial charge < -0.3 is 20.5 Å². The molecule has 2 aromatic carbocycles. The van der Waals surface area contributed by atoms with Gasteiger partial charge in [-0.2, -0.15) is 0 Å². The highest BCUT2D eigenvalue weighted by Gasteiger charge is 2.30. The third-order valence-electron chi connectivity index (χ3n) is 3.09. The Hall–Kier alpha value is -2.24. The Morgan fingerprint density at radius 3 is 2.37 bits per heavy atom. The Bertz CT molecular complexity index is 768. The van der Waals surface area contributed by atoms with Gasteiger partial charge in [-0.15, -0.1) is 37.1 Å². The number of guanidine groups is 1. The van der Waals surface area contributed by atoms with Crippen molar-refractivity contribution in [3.63, 3.8) is 0 Å². The van der Waals surface area contributed by atoms with Crippen molar-refractivity contribution >= 4 is 35.6 Å². The lowest BCUT2D eigenvalue weighted by atomic mass is 10.2. The molecule has 5 nitrogen and oxygen atoms in total. The fraction of sp³-hybridized carbons (Fsp3) is 0.235. The van der Waals surface area contributed by atoms with E-state index in [0.29, 0.717) is 17.9 Å². The molecule has 0 bridgehead atoms. The van der Waals surface area contributed by atoms with Gasteiger partial charge in [-0.25, -0.2) is 9.38 Å². The quantitative estimate of drug-likeness (QED) is 0.263. The average molecular weight is 499 g/mol. The molecule has 0 aliphatic heterocycles. The van der Waals surface area contributed by atoms with Gasteiger partial charge in [-0.3, -0.25) is 0 Å². The van der Waals surface area contributed by atoms with Gasteiger partial charge in [0.25, 0.3) is 0 Å². The van der Waals surface area contributed by atoms with Crippen LogP contribution < -0.4 is 20.5 Å². The zero-order valence-electron chi connectivity index (χ0n) is 14.2. The predicted octanol–water partition coefficient (Wildman–Crippen LogP) is 4.67. The zero-order chi connectivity index (χ0) is 19.2. The first-order valence-corrected chi connectivity index (χ1v) is 7.61. The first-order valence-electron chi connectivity index (χ1n) is 7.61. The minimum absolute atomic E-state index is 0. The van der Waals surface area contributed by atoms with E-state index in [2.05, 4.69) is 15.0 Å². The molecular formula is C17H18F4IN3O2. The molecule has 0 aliphatic carbocycles. The van der Waals surface area contributed by atoms with Crippen LogP contribution >= 0.6 is 24.0 Å². The lowest BCUT2D eigenvalue weighted by Crippen LogP contribution is -2.22. The van der Waals surface area contributed by atoms with Crippen LogP contribution in [0.2, 0.25) is 0 Å². The highest BCUT2D eigenvalue weighted by molar-refractivity contribution is 14.0. The molecule has 148 valence electrons. The number of rotatable bonds is 6. The van der Waals surface area contributed by atoms with E-state index >= 15 is 0 Å². The van der Waals surface area contributed by atoms with E-state index in [1.165, 1.54) is 24.3 Å². The molecule has 2 aromatic rings. The van der Waals surface area contributed by atoms with Gasteiger partial charge in [0.15, 0.2) is 17.5 Å². The molecule has 0 fully saturated rings. The third-order valence-corrected chi connectivity index (χ3v) is 3.09. The number of nitrogens with zero attached hydrogens (tertiary/aromatic N) is 1. The predicted molar refractivity (Wildman–Crippen MR) is 105 cm³/mol. The topological polar surface area (TPSA) is 68.9 Å². The van der Waals surface area contributed by atoms with Gasteiger partial charge in [0, 0.05) is 5.69 Å². The number of aliphatic imine (C=N–C) groups is 1. The summed E-state index contributed by atoms with van der Waals surface area (Å²) in [6.45, 7) is 2.24. The molecule has 27 heavy (non-hydrogen) atoms. The standard InChI is InChI=1S/C17H17F4N3O2.HI/c1-2-25-15-8-3-11(9-14(15)18)10-23-16(22)24-12-4-6-13(7-5-12)26-17(19,20)21;/h3-9H,2,10H2,1H3,(H3,22,23,24);1H. The van der Waals surface area contributed by atoms with Gasteiger partial charge in [-0.05, 0) is 48.9 Å². The number of halogens is 5. The summed E-state index contributed by atoms with van der Waals surface area (Å²) >= 11 is 0.